The molecule has 0 spiro atoms. The molecular weight excluding hydrogens is 520 g/mol. The third-order valence-electron chi connectivity index (χ3n) is 7.09. The number of methoxy groups -OCH3 is 1. The molecule has 0 aromatic heterocycles. The van der Waals surface area contributed by atoms with Gasteiger partial charge in [0.1, 0.15) is 23.9 Å². The number of hydrogen-bond donors (Lipinski definition) is 1. The first-order valence-corrected chi connectivity index (χ1v) is 14.8. The number of benzene rings is 4. The number of carbonyl (C=O) groups excluding carboxylic acids is 1. The number of nitrogens with one attached hydrogen (secondary N) is 1. The molecule has 1 fully saturated rings. The Labute approximate surface area is 240 Å². The van der Waals surface area contributed by atoms with Gasteiger partial charge in [0, 0.05) is 23.5 Å². The van der Waals surface area contributed by atoms with Crippen molar-refractivity contribution >= 4 is 34.1 Å². The van der Waals surface area contributed by atoms with Crippen molar-refractivity contribution in [3.8, 4) is 17.2 Å². The third kappa shape index (κ3) is 6.72. The largest absolute Gasteiger partial charge is 0.496 e. The number of para-hydroxylation sites is 1. The Morgan fingerprint density at radius 2 is 1.65 bits per heavy atom. The summed E-state index contributed by atoms with van der Waals surface area (Å²) in [5, 5.41) is 5.56. The Morgan fingerprint density at radius 3 is 2.48 bits per heavy atom. The Balaban J connectivity index is 1.14. The average molecular weight is 557 g/mol. The van der Waals surface area contributed by atoms with Crippen LogP contribution in [0.1, 0.15) is 18.9 Å². The van der Waals surface area contributed by atoms with Crippen molar-refractivity contribution in [3.05, 3.63) is 96.6 Å². The molecule has 6 nitrogen and oxygen atoms in total. The molecule has 0 radical (unpaired) electrons. The van der Waals surface area contributed by atoms with E-state index in [2.05, 4.69) is 36.5 Å². The zero-order chi connectivity index (χ0) is 27.8. The van der Waals surface area contributed by atoms with Crippen LogP contribution in [0.5, 0.6) is 17.2 Å². The summed E-state index contributed by atoms with van der Waals surface area (Å²) in [6.45, 7) is 4.01. The molecule has 0 bridgehead atoms. The van der Waals surface area contributed by atoms with E-state index in [9.17, 15) is 4.79 Å². The Morgan fingerprint density at radius 1 is 0.900 bits per heavy atom. The maximum absolute atomic E-state index is 13.1. The van der Waals surface area contributed by atoms with Crippen LogP contribution in [-0.4, -0.2) is 50.6 Å². The molecule has 4 aromatic rings. The molecule has 1 atom stereocenters. The lowest BCUT2D eigenvalue weighted by molar-refractivity contribution is -0.120. The van der Waals surface area contributed by atoms with E-state index in [0.29, 0.717) is 26.3 Å². The molecule has 4 aromatic carbocycles. The lowest BCUT2D eigenvalue weighted by atomic mass is 9.96. The van der Waals surface area contributed by atoms with Crippen molar-refractivity contribution in [1.82, 2.24) is 5.32 Å². The molecule has 208 valence electrons. The number of thioether (sulfide) groups is 1. The summed E-state index contributed by atoms with van der Waals surface area (Å²) in [5.41, 5.74) is 1.52. The van der Waals surface area contributed by atoms with Gasteiger partial charge in [-0.15, -0.1) is 0 Å². The van der Waals surface area contributed by atoms with E-state index in [1.807, 2.05) is 83.4 Å². The Kier molecular flexibility index (Phi) is 9.14. The first-order valence-electron chi connectivity index (χ1n) is 13.6. The molecule has 1 heterocycles. The Bertz CT molecular complexity index is 1430. The van der Waals surface area contributed by atoms with Crippen LogP contribution in [0.3, 0.4) is 0 Å². The summed E-state index contributed by atoms with van der Waals surface area (Å²) in [5.74, 6) is 4.47. The predicted molar refractivity (Wildman–Crippen MR) is 164 cm³/mol. The number of amides is 1. The van der Waals surface area contributed by atoms with Gasteiger partial charge in [-0.05, 0) is 72.3 Å². The fraction of sp³-hybridized carbons (Fsp3) is 0.303. The van der Waals surface area contributed by atoms with Gasteiger partial charge in [0.25, 0.3) is 0 Å². The van der Waals surface area contributed by atoms with E-state index < -0.39 is 5.54 Å². The van der Waals surface area contributed by atoms with Crippen molar-refractivity contribution in [2.24, 2.45) is 0 Å². The first kappa shape index (κ1) is 27.9. The van der Waals surface area contributed by atoms with Gasteiger partial charge in [0.15, 0.2) is 0 Å². The maximum Gasteiger partial charge on any atom is 0.241 e. The van der Waals surface area contributed by atoms with Crippen molar-refractivity contribution in [2.75, 3.05) is 44.1 Å². The number of carbonyl (C=O) groups is 1. The summed E-state index contributed by atoms with van der Waals surface area (Å²) in [6, 6.07) is 30.2. The molecule has 40 heavy (non-hydrogen) atoms. The molecule has 1 saturated heterocycles. The molecule has 0 unspecified atom stereocenters. The minimum atomic E-state index is -0.540. The van der Waals surface area contributed by atoms with Gasteiger partial charge in [0.2, 0.25) is 5.91 Å². The lowest BCUT2D eigenvalue weighted by Gasteiger charge is -2.44. The number of anilines is 1. The summed E-state index contributed by atoms with van der Waals surface area (Å²) in [6.07, 6.45) is 0.946. The fourth-order valence-corrected chi connectivity index (χ4v) is 5.94. The number of fused-ring (bicyclic) bond motifs is 1. The number of ether oxygens (including phenoxy) is 3. The summed E-state index contributed by atoms with van der Waals surface area (Å²) in [4.78, 5) is 14.9. The van der Waals surface area contributed by atoms with Crippen LogP contribution in [0.15, 0.2) is 91.0 Å². The monoisotopic (exact) mass is 556 g/mol. The van der Waals surface area contributed by atoms with Crippen LogP contribution in [0.25, 0.3) is 10.8 Å². The van der Waals surface area contributed by atoms with Crippen LogP contribution in [-0.2, 0) is 10.5 Å². The zero-order valence-electron chi connectivity index (χ0n) is 23.1. The SMILES string of the molecule is COc1ccccc1CSCCCOc1ccc(N2C(=O)CNC[C@@]2(C)COc2ccc3ccccc3c2)cc1. The van der Waals surface area contributed by atoms with Gasteiger partial charge in [-0.3, -0.25) is 4.79 Å². The van der Waals surface area contributed by atoms with E-state index in [1.54, 1.807) is 7.11 Å². The highest BCUT2D eigenvalue weighted by atomic mass is 32.2. The topological polar surface area (TPSA) is 60.0 Å². The zero-order valence-corrected chi connectivity index (χ0v) is 23.9. The van der Waals surface area contributed by atoms with Gasteiger partial charge in [-0.25, -0.2) is 0 Å². The minimum Gasteiger partial charge on any atom is -0.496 e. The van der Waals surface area contributed by atoms with Crippen LogP contribution in [0.2, 0.25) is 0 Å². The van der Waals surface area contributed by atoms with Crippen molar-refractivity contribution in [1.29, 1.82) is 0 Å². The second kappa shape index (κ2) is 13.1. The van der Waals surface area contributed by atoms with Gasteiger partial charge < -0.3 is 24.4 Å². The smallest absolute Gasteiger partial charge is 0.241 e. The molecule has 5 rings (SSSR count). The van der Waals surface area contributed by atoms with E-state index in [1.165, 1.54) is 10.9 Å². The molecule has 1 amide bonds. The summed E-state index contributed by atoms with van der Waals surface area (Å²) in [7, 11) is 1.71. The number of hydrogen-bond acceptors (Lipinski definition) is 6. The molecule has 0 saturated carbocycles. The molecule has 1 aliphatic rings. The molecule has 7 heteroatoms. The predicted octanol–water partition coefficient (Wildman–Crippen LogP) is 6.32. The van der Waals surface area contributed by atoms with Gasteiger partial charge in [-0.2, -0.15) is 11.8 Å². The van der Waals surface area contributed by atoms with Crippen LogP contribution in [0.4, 0.5) is 5.69 Å². The van der Waals surface area contributed by atoms with E-state index in [0.717, 1.165) is 46.2 Å². The third-order valence-corrected chi connectivity index (χ3v) is 8.18. The lowest BCUT2D eigenvalue weighted by Crippen LogP contribution is -2.65. The summed E-state index contributed by atoms with van der Waals surface area (Å²) < 4.78 is 17.7. The maximum atomic E-state index is 13.1. The second-order valence-electron chi connectivity index (χ2n) is 10.2. The standard InChI is InChI=1S/C33H36N2O4S/c1-33(24-39-30-15-12-25-8-3-4-9-26(25)20-30)23-34-21-32(36)35(33)28-13-16-29(17-14-28)38-18-7-19-40-22-27-10-5-6-11-31(27)37-2/h3-6,8-17,20,34H,7,18-19,21-24H2,1-2H3/t33-/m0/s1. The normalized spacial score (nSPS) is 17.1. The number of nitrogens with zero attached hydrogens (tertiary/aromatic N) is 1. The summed E-state index contributed by atoms with van der Waals surface area (Å²) >= 11 is 1.87. The Hall–Kier alpha value is -3.68. The van der Waals surface area contributed by atoms with Crippen molar-refractivity contribution < 1.29 is 19.0 Å². The average Bonchev–Trinajstić information content (AvgIpc) is 2.98. The fourth-order valence-electron chi connectivity index (χ4n) is 5.01. The van der Waals surface area contributed by atoms with Crippen LogP contribution >= 0.6 is 11.8 Å². The quantitative estimate of drug-likeness (QED) is 0.206. The van der Waals surface area contributed by atoms with E-state index >= 15 is 0 Å². The van der Waals surface area contributed by atoms with Gasteiger partial charge in [-0.1, -0.05) is 48.5 Å². The minimum absolute atomic E-state index is 0.0246. The second-order valence-corrected chi connectivity index (χ2v) is 11.3. The number of piperazine rings is 1. The van der Waals surface area contributed by atoms with Gasteiger partial charge in [0.05, 0.1) is 25.8 Å². The van der Waals surface area contributed by atoms with Crippen molar-refractivity contribution in [3.63, 3.8) is 0 Å². The highest BCUT2D eigenvalue weighted by Gasteiger charge is 2.40. The molecule has 0 aliphatic carbocycles. The first-order chi connectivity index (χ1) is 19.6. The van der Waals surface area contributed by atoms with E-state index in [4.69, 9.17) is 14.2 Å². The van der Waals surface area contributed by atoms with Crippen molar-refractivity contribution in [2.45, 2.75) is 24.6 Å². The van der Waals surface area contributed by atoms with Crippen LogP contribution in [0, 0.1) is 0 Å². The van der Waals surface area contributed by atoms with Gasteiger partial charge >= 0.3 is 0 Å². The molecule has 1 N–H and O–H groups in total. The van der Waals surface area contributed by atoms with Crippen LogP contribution < -0.4 is 24.4 Å². The molecule has 1 aliphatic heterocycles. The highest BCUT2D eigenvalue weighted by Crippen LogP contribution is 2.30. The van der Waals surface area contributed by atoms with E-state index in [-0.39, 0.29) is 5.91 Å². The number of rotatable bonds is 12. The molecular formula is C33H36N2O4S. The highest BCUT2D eigenvalue weighted by molar-refractivity contribution is 7.98.